The van der Waals surface area contributed by atoms with Crippen LogP contribution in [0.15, 0.2) is 18.2 Å². The van der Waals surface area contributed by atoms with Crippen molar-refractivity contribution in [3.8, 4) is 0 Å². The molecule has 2 rings (SSSR count). The van der Waals surface area contributed by atoms with E-state index in [9.17, 15) is 0 Å². The van der Waals surface area contributed by atoms with Gasteiger partial charge >= 0.3 is 84.9 Å². The van der Waals surface area contributed by atoms with Crippen molar-refractivity contribution < 1.29 is 0 Å². The summed E-state index contributed by atoms with van der Waals surface area (Å²) in [5, 5.41) is 3.43. The Kier molecular flexibility index (Phi) is 2.21. The van der Waals surface area contributed by atoms with Crippen molar-refractivity contribution in [3.63, 3.8) is 0 Å². The summed E-state index contributed by atoms with van der Waals surface area (Å²) in [4.78, 5) is 0. The summed E-state index contributed by atoms with van der Waals surface area (Å²) in [7, 11) is 0. The van der Waals surface area contributed by atoms with E-state index in [0.717, 1.165) is 6.54 Å². The Bertz CT molecular complexity index is 270. The van der Waals surface area contributed by atoms with E-state index in [1.807, 2.05) is 0 Å². The third-order valence-electron chi connectivity index (χ3n) is 2.33. The molecule has 1 aromatic rings. The molecule has 0 saturated carbocycles. The zero-order valence-corrected chi connectivity index (χ0v) is 8.85. The van der Waals surface area contributed by atoms with E-state index < -0.39 is 0 Å². The average molecular weight is 155 g/mol. The average Bonchev–Trinajstić information content (AvgIpc) is 2.06. The van der Waals surface area contributed by atoms with Crippen LogP contribution in [0.25, 0.3) is 0 Å². The van der Waals surface area contributed by atoms with Gasteiger partial charge in [-0.2, -0.15) is 0 Å². The van der Waals surface area contributed by atoms with Crippen molar-refractivity contribution in [2.75, 3.05) is 11.9 Å². The van der Waals surface area contributed by atoms with Crippen molar-refractivity contribution >= 4 is 36.4 Å². The van der Waals surface area contributed by atoms with Crippen LogP contribution in [-0.2, 0) is 6.42 Å². The molecule has 0 bridgehead atoms. The normalized spacial score (nSPS) is 15.5. The van der Waals surface area contributed by atoms with E-state index in [2.05, 4.69) is 23.5 Å². The first-order valence-corrected chi connectivity index (χ1v) is 5.20. The predicted octanol–water partition coefficient (Wildman–Crippen LogP) is 0.839. The zero-order chi connectivity index (χ0) is 7.68. The van der Waals surface area contributed by atoms with Gasteiger partial charge in [0.1, 0.15) is 0 Å². The Labute approximate surface area is 84.6 Å². The van der Waals surface area contributed by atoms with Crippen LogP contribution in [0.1, 0.15) is 12.0 Å². The monoisotopic (exact) mass is 155 g/mol. The predicted molar refractivity (Wildman–Crippen MR) is 48.6 cm³/mol. The molecule has 0 atom stereocenters. The molecule has 0 saturated heterocycles. The SMILES string of the molecule is [Na][c]1cccc2c1CCCN2. The first-order chi connectivity index (χ1) is 5.38. The number of hydrogen-bond acceptors (Lipinski definition) is 1. The third kappa shape index (κ3) is 1.46. The standard InChI is InChI=1S/C9H10N.Na/c1-2-6-9-8(4-1)5-3-7-10-9;/h1-2,6,10H,3,5,7H2;. The van der Waals surface area contributed by atoms with Crippen LogP contribution in [0.4, 0.5) is 5.69 Å². The van der Waals surface area contributed by atoms with Gasteiger partial charge in [-0.25, -0.2) is 0 Å². The van der Waals surface area contributed by atoms with Crippen LogP contribution in [0, 0.1) is 0 Å². The fraction of sp³-hybridized carbons (Fsp3) is 0.333. The summed E-state index contributed by atoms with van der Waals surface area (Å²) in [5.41, 5.74) is 2.95. The van der Waals surface area contributed by atoms with Gasteiger partial charge in [-0.1, -0.05) is 0 Å². The first-order valence-electron chi connectivity index (χ1n) is 4.20. The number of benzene rings is 1. The molecule has 1 N–H and O–H groups in total. The van der Waals surface area contributed by atoms with E-state index in [1.54, 1.807) is 8.38 Å². The van der Waals surface area contributed by atoms with Gasteiger partial charge in [0.05, 0.1) is 0 Å². The Balaban J connectivity index is 2.49. The van der Waals surface area contributed by atoms with E-state index in [0.29, 0.717) is 0 Å². The summed E-state index contributed by atoms with van der Waals surface area (Å²) in [6.45, 7) is 1.15. The van der Waals surface area contributed by atoms with Crippen molar-refractivity contribution in [1.82, 2.24) is 0 Å². The Morgan fingerprint density at radius 1 is 1.36 bits per heavy atom. The van der Waals surface area contributed by atoms with Gasteiger partial charge in [0.15, 0.2) is 0 Å². The van der Waals surface area contributed by atoms with Gasteiger partial charge in [-0.15, -0.1) is 0 Å². The molecule has 0 amide bonds. The minimum absolute atomic E-state index is 1.15. The molecule has 0 fully saturated rings. The van der Waals surface area contributed by atoms with Crippen molar-refractivity contribution in [2.45, 2.75) is 12.8 Å². The summed E-state index contributed by atoms with van der Waals surface area (Å²) < 4.78 is 1.56. The fourth-order valence-corrected chi connectivity index (χ4v) is 2.40. The van der Waals surface area contributed by atoms with Crippen molar-refractivity contribution in [1.29, 1.82) is 0 Å². The topological polar surface area (TPSA) is 12.0 Å². The maximum absolute atomic E-state index is 3.43. The molecule has 1 heterocycles. The molecule has 2 heteroatoms. The number of hydrogen-bond donors (Lipinski definition) is 1. The molecular weight excluding hydrogens is 145 g/mol. The second kappa shape index (κ2) is 3.18. The summed E-state index contributed by atoms with van der Waals surface area (Å²) in [5.74, 6) is 0. The quantitative estimate of drug-likeness (QED) is 0.547. The second-order valence-electron chi connectivity index (χ2n) is 3.13. The summed E-state index contributed by atoms with van der Waals surface area (Å²) >= 11 is 1.18. The minimum atomic E-state index is 1.15. The maximum atomic E-state index is 3.43. The Morgan fingerprint density at radius 2 is 2.27 bits per heavy atom. The molecule has 1 aliphatic rings. The molecule has 52 valence electrons. The van der Waals surface area contributed by atoms with Gasteiger partial charge in [0.25, 0.3) is 0 Å². The summed E-state index contributed by atoms with van der Waals surface area (Å²) in [6, 6.07) is 6.59. The number of nitrogens with one attached hydrogen (secondary N) is 1. The van der Waals surface area contributed by atoms with Gasteiger partial charge in [0, 0.05) is 0 Å². The van der Waals surface area contributed by atoms with Crippen molar-refractivity contribution in [2.24, 2.45) is 0 Å². The fourth-order valence-electron chi connectivity index (χ4n) is 1.69. The van der Waals surface area contributed by atoms with E-state index in [1.165, 1.54) is 46.5 Å². The van der Waals surface area contributed by atoms with E-state index in [-0.39, 0.29) is 0 Å². The third-order valence-corrected chi connectivity index (χ3v) is 3.27. The molecule has 1 aliphatic heterocycles. The number of rotatable bonds is 0. The van der Waals surface area contributed by atoms with Crippen molar-refractivity contribution in [3.05, 3.63) is 23.8 Å². The molecule has 11 heavy (non-hydrogen) atoms. The molecule has 0 unspecified atom stereocenters. The van der Waals surface area contributed by atoms with Crippen LogP contribution in [0.3, 0.4) is 0 Å². The second-order valence-corrected chi connectivity index (χ2v) is 4.21. The molecular formula is C9H10NNa. The van der Waals surface area contributed by atoms with Gasteiger partial charge < -0.3 is 0 Å². The van der Waals surface area contributed by atoms with Crippen LogP contribution in [0.5, 0.6) is 0 Å². The summed E-state index contributed by atoms with van der Waals surface area (Å²) in [6.07, 6.45) is 2.58. The van der Waals surface area contributed by atoms with Gasteiger partial charge in [-0.3, -0.25) is 0 Å². The number of anilines is 1. The van der Waals surface area contributed by atoms with Crippen LogP contribution in [0.2, 0.25) is 0 Å². The molecule has 1 aromatic carbocycles. The van der Waals surface area contributed by atoms with E-state index in [4.69, 9.17) is 0 Å². The Morgan fingerprint density at radius 3 is 3.09 bits per heavy atom. The zero-order valence-electron chi connectivity index (χ0n) is 6.85. The van der Waals surface area contributed by atoms with Crippen LogP contribution < -0.4 is 8.13 Å². The van der Waals surface area contributed by atoms with E-state index >= 15 is 0 Å². The van der Waals surface area contributed by atoms with Crippen LogP contribution in [-0.4, -0.2) is 34.5 Å². The molecule has 0 aliphatic carbocycles. The van der Waals surface area contributed by atoms with Gasteiger partial charge in [-0.05, 0) is 0 Å². The first kappa shape index (κ1) is 7.66. The molecule has 0 spiro atoms. The number of fused-ring (bicyclic) bond motifs is 1. The molecule has 1 nitrogen and oxygen atoms in total. The molecule has 0 radical (unpaired) electrons. The Hall–Kier alpha value is 0.0200. The van der Waals surface area contributed by atoms with Gasteiger partial charge in [0.2, 0.25) is 0 Å². The molecule has 0 aromatic heterocycles. The van der Waals surface area contributed by atoms with Crippen LogP contribution >= 0.6 is 0 Å².